The average molecular weight is 479 g/mol. The Balaban J connectivity index is 1.91. The van der Waals surface area contributed by atoms with Crippen LogP contribution in [0.15, 0.2) is 60.7 Å². The van der Waals surface area contributed by atoms with Gasteiger partial charge in [0.15, 0.2) is 28.8 Å². The van der Waals surface area contributed by atoms with Gasteiger partial charge in [0.2, 0.25) is 5.75 Å². The minimum Gasteiger partial charge on any atom is -0.504 e. The molecule has 0 heterocycles. The lowest BCUT2D eigenvalue weighted by molar-refractivity contribution is 0.104. The molecule has 35 heavy (non-hydrogen) atoms. The molecule has 0 aliphatic carbocycles. The van der Waals surface area contributed by atoms with Crippen molar-refractivity contribution >= 4 is 17.9 Å². The van der Waals surface area contributed by atoms with Crippen LogP contribution < -0.4 is 18.9 Å². The third-order valence-corrected chi connectivity index (χ3v) is 5.36. The molecule has 0 aliphatic heterocycles. The summed E-state index contributed by atoms with van der Waals surface area (Å²) in [5, 5.41) is 10.7. The Bertz CT molecular complexity index is 1220. The molecule has 1 N–H and O–H groups in total. The maximum absolute atomic E-state index is 13.1. The topological polar surface area (TPSA) is 74.2 Å². The monoisotopic (exact) mass is 478 g/mol. The van der Waals surface area contributed by atoms with Crippen molar-refractivity contribution in [2.45, 2.75) is 6.42 Å². The van der Waals surface area contributed by atoms with Crippen molar-refractivity contribution in [2.24, 2.45) is 0 Å². The molecule has 0 amide bonds. The highest BCUT2D eigenvalue weighted by atomic mass is 19.1. The van der Waals surface area contributed by atoms with Gasteiger partial charge in [-0.1, -0.05) is 24.3 Å². The second-order valence-electron chi connectivity index (χ2n) is 7.45. The highest BCUT2D eigenvalue weighted by molar-refractivity contribution is 6.04. The fraction of sp³-hybridized carbons (Fsp3) is 0.179. The lowest BCUT2D eigenvalue weighted by atomic mass is 10.00. The summed E-state index contributed by atoms with van der Waals surface area (Å²) >= 11 is 0. The zero-order chi connectivity index (χ0) is 25.4. The Hall–Kier alpha value is -4.26. The lowest BCUT2D eigenvalue weighted by Crippen LogP contribution is -1.96. The molecule has 0 fully saturated rings. The van der Waals surface area contributed by atoms with Crippen LogP contribution in [-0.2, 0) is 6.42 Å². The number of rotatable bonds is 10. The van der Waals surface area contributed by atoms with E-state index in [1.807, 2.05) is 30.4 Å². The number of benzene rings is 3. The van der Waals surface area contributed by atoms with Gasteiger partial charge in [-0.2, -0.15) is 0 Å². The molecule has 0 unspecified atom stereocenters. The predicted molar refractivity (Wildman–Crippen MR) is 133 cm³/mol. The van der Waals surface area contributed by atoms with Crippen LogP contribution in [0.25, 0.3) is 12.2 Å². The molecule has 6 nitrogen and oxygen atoms in total. The predicted octanol–water partition coefficient (Wildman–Crippen LogP) is 5.72. The first-order valence-electron chi connectivity index (χ1n) is 10.7. The lowest BCUT2D eigenvalue weighted by Gasteiger charge is -2.13. The number of carbonyl (C=O) groups is 1. The van der Waals surface area contributed by atoms with Crippen LogP contribution >= 0.6 is 0 Å². The largest absolute Gasteiger partial charge is 0.504 e. The molecule has 7 heteroatoms. The number of phenols is 1. The first-order chi connectivity index (χ1) is 16.9. The van der Waals surface area contributed by atoms with Gasteiger partial charge in [0.1, 0.15) is 5.82 Å². The van der Waals surface area contributed by atoms with Crippen molar-refractivity contribution < 1.29 is 33.2 Å². The van der Waals surface area contributed by atoms with E-state index in [0.29, 0.717) is 34.1 Å². The van der Waals surface area contributed by atoms with Crippen molar-refractivity contribution in [3.63, 3.8) is 0 Å². The first-order valence-corrected chi connectivity index (χ1v) is 10.7. The molecule has 3 aromatic carbocycles. The van der Waals surface area contributed by atoms with Crippen molar-refractivity contribution in [2.75, 3.05) is 28.4 Å². The SMILES string of the molecule is COc1ccc(/C=C\c2cc(OC)c(OC)c(OC)c2)c(C/C=C\C(=O)c2ccc(F)cc2)c1O. The molecule has 0 aromatic heterocycles. The van der Waals surface area contributed by atoms with Gasteiger partial charge in [-0.25, -0.2) is 4.39 Å². The molecule has 0 bridgehead atoms. The number of allylic oxidation sites excluding steroid dienone is 2. The fourth-order valence-electron chi connectivity index (χ4n) is 3.54. The van der Waals surface area contributed by atoms with Gasteiger partial charge in [-0.05, 0) is 66.1 Å². The van der Waals surface area contributed by atoms with E-state index in [-0.39, 0.29) is 18.0 Å². The molecule has 0 atom stereocenters. The van der Waals surface area contributed by atoms with E-state index >= 15 is 0 Å². The van der Waals surface area contributed by atoms with E-state index in [0.717, 1.165) is 11.1 Å². The number of hydrogen-bond acceptors (Lipinski definition) is 6. The maximum atomic E-state index is 13.1. The summed E-state index contributed by atoms with van der Waals surface area (Å²) in [6, 6.07) is 12.4. The zero-order valence-corrected chi connectivity index (χ0v) is 20.0. The molecule has 0 saturated heterocycles. The summed E-state index contributed by atoms with van der Waals surface area (Å²) in [6.45, 7) is 0. The van der Waals surface area contributed by atoms with Gasteiger partial charge >= 0.3 is 0 Å². The Labute approximate surface area is 203 Å². The Morgan fingerprint density at radius 2 is 1.49 bits per heavy atom. The highest BCUT2D eigenvalue weighted by Crippen LogP contribution is 2.39. The smallest absolute Gasteiger partial charge is 0.203 e. The number of halogens is 1. The number of phenolic OH excluding ortho intramolecular Hbond substituents is 1. The van der Waals surface area contributed by atoms with Crippen LogP contribution in [0.3, 0.4) is 0 Å². The summed E-state index contributed by atoms with van der Waals surface area (Å²) in [5.41, 5.74) is 2.48. The quantitative estimate of drug-likeness (QED) is 0.228. The van der Waals surface area contributed by atoms with Crippen molar-refractivity contribution in [3.8, 4) is 28.7 Å². The van der Waals surface area contributed by atoms with Crippen LogP contribution in [0, 0.1) is 5.82 Å². The number of ether oxygens (including phenoxy) is 4. The minimum absolute atomic E-state index is 0.0153. The third-order valence-electron chi connectivity index (χ3n) is 5.36. The number of ketones is 1. The third kappa shape index (κ3) is 6.00. The Morgan fingerprint density at radius 3 is 2.06 bits per heavy atom. The summed E-state index contributed by atoms with van der Waals surface area (Å²) in [6.07, 6.45) is 7.01. The molecular weight excluding hydrogens is 451 g/mol. The Morgan fingerprint density at radius 1 is 0.857 bits per heavy atom. The average Bonchev–Trinajstić information content (AvgIpc) is 2.88. The van der Waals surface area contributed by atoms with Crippen LogP contribution in [0.2, 0.25) is 0 Å². The standard InChI is InChI=1S/C28H27FO6/c1-32-24-15-12-19(9-8-18-16-25(33-2)28(35-4)26(17-18)34-3)22(27(24)31)6-5-7-23(30)20-10-13-21(29)14-11-20/h5,7-17,31H,6H2,1-4H3/b7-5-,9-8-. The molecule has 0 aliphatic rings. The second-order valence-corrected chi connectivity index (χ2v) is 7.45. The highest BCUT2D eigenvalue weighted by Gasteiger charge is 2.14. The molecule has 3 aromatic rings. The minimum atomic E-state index is -0.407. The van der Waals surface area contributed by atoms with Crippen LogP contribution in [0.4, 0.5) is 4.39 Å². The van der Waals surface area contributed by atoms with Gasteiger partial charge in [0.05, 0.1) is 28.4 Å². The van der Waals surface area contributed by atoms with Crippen LogP contribution in [0.1, 0.15) is 27.0 Å². The molecule has 0 spiro atoms. The van der Waals surface area contributed by atoms with Crippen molar-refractivity contribution in [1.82, 2.24) is 0 Å². The fourth-order valence-corrected chi connectivity index (χ4v) is 3.54. The molecule has 0 radical (unpaired) electrons. The van der Waals surface area contributed by atoms with Crippen LogP contribution in [-0.4, -0.2) is 39.3 Å². The summed E-state index contributed by atoms with van der Waals surface area (Å²) in [4.78, 5) is 12.4. The van der Waals surface area contributed by atoms with Gasteiger partial charge in [-0.15, -0.1) is 0 Å². The maximum Gasteiger partial charge on any atom is 0.203 e. The van der Waals surface area contributed by atoms with E-state index in [1.54, 1.807) is 26.4 Å². The summed E-state index contributed by atoms with van der Waals surface area (Å²) in [5.74, 6) is 1.17. The van der Waals surface area contributed by atoms with E-state index in [2.05, 4.69) is 0 Å². The number of methoxy groups -OCH3 is 4. The number of aromatic hydroxyl groups is 1. The van der Waals surface area contributed by atoms with E-state index < -0.39 is 5.82 Å². The van der Waals surface area contributed by atoms with Crippen molar-refractivity contribution in [3.05, 3.63) is 88.8 Å². The van der Waals surface area contributed by atoms with E-state index in [9.17, 15) is 14.3 Å². The summed E-state index contributed by atoms with van der Waals surface area (Å²) < 4.78 is 34.5. The normalized spacial score (nSPS) is 11.1. The molecule has 0 saturated carbocycles. The van der Waals surface area contributed by atoms with Crippen LogP contribution in [0.5, 0.6) is 28.7 Å². The molecular formula is C28H27FO6. The number of carbonyl (C=O) groups excluding carboxylic acids is 1. The Kier molecular flexibility index (Phi) is 8.51. The summed E-state index contributed by atoms with van der Waals surface area (Å²) in [7, 11) is 6.10. The van der Waals surface area contributed by atoms with Gasteiger partial charge in [0.25, 0.3) is 0 Å². The van der Waals surface area contributed by atoms with E-state index in [4.69, 9.17) is 18.9 Å². The second kappa shape index (κ2) is 11.7. The molecule has 3 rings (SSSR count). The zero-order valence-electron chi connectivity index (χ0n) is 20.0. The molecule has 182 valence electrons. The number of hydrogen-bond donors (Lipinski definition) is 1. The van der Waals surface area contributed by atoms with Gasteiger partial charge in [0, 0.05) is 11.1 Å². The van der Waals surface area contributed by atoms with Crippen molar-refractivity contribution in [1.29, 1.82) is 0 Å². The van der Waals surface area contributed by atoms with Gasteiger partial charge < -0.3 is 24.1 Å². The van der Waals surface area contributed by atoms with Gasteiger partial charge in [-0.3, -0.25) is 4.79 Å². The van der Waals surface area contributed by atoms with E-state index in [1.165, 1.54) is 44.6 Å². The first kappa shape index (κ1) is 25.4.